The maximum absolute atomic E-state index is 15.6. The van der Waals surface area contributed by atoms with Crippen molar-refractivity contribution in [2.24, 2.45) is 0 Å². The van der Waals surface area contributed by atoms with Crippen LogP contribution in [0.5, 0.6) is 0 Å². The molecular weight excluding hydrogens is 467 g/mol. The average Bonchev–Trinajstić information content (AvgIpc) is 2.99. The molecule has 2 aromatic rings. The second-order valence-electron chi connectivity index (χ2n) is 6.82. The average molecular weight is 483 g/mol. The fourth-order valence-electron chi connectivity index (χ4n) is 4.19. The summed E-state index contributed by atoms with van der Waals surface area (Å²) >= 11 is 7.13. The first-order valence-electron chi connectivity index (χ1n) is 8.22. The van der Waals surface area contributed by atoms with E-state index in [9.17, 15) is 0 Å². The summed E-state index contributed by atoms with van der Waals surface area (Å²) in [5, 5.41) is 0. The predicted molar refractivity (Wildman–Crippen MR) is 108 cm³/mol. The number of fused-ring (bicyclic) bond motifs is 2. The molecule has 2 aromatic heterocycles. The standard InChI is InChI=1S/C18H16BBr2F2N3/c1-9-5-11(3)25-17(9)16(15-13(20)7-24-8-14(15)21)18-10(2)6-12(4)26(18)19(25,22)23/h5-8H,1-4H3. The van der Waals surface area contributed by atoms with E-state index < -0.39 is 6.97 Å². The van der Waals surface area contributed by atoms with Gasteiger partial charge < -0.3 is 17.6 Å². The predicted octanol–water partition coefficient (Wildman–Crippen LogP) is 5.45. The third-order valence-electron chi connectivity index (χ3n) is 5.04. The fourth-order valence-corrected chi connectivity index (χ4v) is 5.51. The van der Waals surface area contributed by atoms with Crippen molar-refractivity contribution in [3.63, 3.8) is 0 Å². The molecule has 4 rings (SSSR count). The van der Waals surface area contributed by atoms with E-state index >= 15 is 8.63 Å². The summed E-state index contributed by atoms with van der Waals surface area (Å²) in [7, 11) is 0. The van der Waals surface area contributed by atoms with Crippen molar-refractivity contribution in [2.45, 2.75) is 27.7 Å². The Labute approximate surface area is 167 Å². The molecule has 0 unspecified atom stereocenters. The van der Waals surface area contributed by atoms with Gasteiger partial charge in [-0.2, -0.15) is 0 Å². The number of halogens is 4. The van der Waals surface area contributed by atoms with Crippen molar-refractivity contribution >= 4 is 50.1 Å². The van der Waals surface area contributed by atoms with Crippen LogP contribution in [0.3, 0.4) is 0 Å². The fraction of sp³-hybridized carbons (Fsp3) is 0.222. The molecule has 2 aliphatic rings. The van der Waals surface area contributed by atoms with Crippen LogP contribution in [0.25, 0.3) is 5.57 Å². The van der Waals surface area contributed by atoms with Crippen LogP contribution in [0.4, 0.5) is 8.63 Å². The van der Waals surface area contributed by atoms with Crippen molar-refractivity contribution in [3.8, 4) is 0 Å². The smallest absolute Gasteiger partial charge is 0.393 e. The Balaban J connectivity index is 2.24. The Morgan fingerprint density at radius 2 is 1.69 bits per heavy atom. The molecule has 0 fully saturated rings. The maximum atomic E-state index is 15.6. The molecule has 134 valence electrons. The Kier molecular flexibility index (Phi) is 3.93. The van der Waals surface area contributed by atoms with Crippen molar-refractivity contribution in [2.75, 3.05) is 0 Å². The molecule has 0 aliphatic carbocycles. The van der Waals surface area contributed by atoms with E-state index in [4.69, 9.17) is 0 Å². The number of hydrogen-bond acceptors (Lipinski definition) is 1. The van der Waals surface area contributed by atoms with Gasteiger partial charge in [0.05, 0.1) is 5.57 Å². The van der Waals surface area contributed by atoms with Crippen LogP contribution in [0, 0.1) is 13.8 Å². The molecule has 0 bridgehead atoms. The van der Waals surface area contributed by atoms with Gasteiger partial charge in [0.15, 0.2) is 5.70 Å². The van der Waals surface area contributed by atoms with E-state index in [1.54, 1.807) is 26.2 Å². The number of aryl methyl sites for hydroxylation is 2. The van der Waals surface area contributed by atoms with E-state index in [-0.39, 0.29) is 0 Å². The van der Waals surface area contributed by atoms with Gasteiger partial charge in [0.2, 0.25) is 0 Å². The number of rotatable bonds is 1. The summed E-state index contributed by atoms with van der Waals surface area (Å²) in [6.07, 6.45) is 5.21. The summed E-state index contributed by atoms with van der Waals surface area (Å²) in [5.41, 5.74) is 5.52. The molecule has 8 heteroatoms. The van der Waals surface area contributed by atoms with Crippen LogP contribution < -0.4 is 0 Å². The zero-order valence-corrected chi connectivity index (χ0v) is 17.9. The summed E-state index contributed by atoms with van der Waals surface area (Å²) in [6.45, 7) is 3.28. The molecule has 2 aliphatic heterocycles. The summed E-state index contributed by atoms with van der Waals surface area (Å²) in [6, 6.07) is 1.82. The first-order chi connectivity index (χ1) is 12.2. The van der Waals surface area contributed by atoms with Crippen LogP contribution in [0.1, 0.15) is 36.4 Å². The first kappa shape index (κ1) is 17.9. The van der Waals surface area contributed by atoms with Crippen LogP contribution in [-0.2, 0) is 0 Å². The van der Waals surface area contributed by atoms with E-state index in [0.717, 1.165) is 31.2 Å². The lowest BCUT2D eigenvalue weighted by atomic mass is 9.84. The minimum Gasteiger partial charge on any atom is -0.393 e. The third-order valence-corrected chi connectivity index (χ3v) is 6.24. The molecule has 4 heterocycles. The molecule has 0 amide bonds. The van der Waals surface area contributed by atoms with Gasteiger partial charge in [-0.1, -0.05) is 0 Å². The Bertz CT molecular complexity index is 1060. The van der Waals surface area contributed by atoms with Gasteiger partial charge in [-0.3, -0.25) is 4.98 Å². The molecule has 26 heavy (non-hydrogen) atoms. The van der Waals surface area contributed by atoms with Crippen molar-refractivity contribution in [1.29, 1.82) is 0 Å². The molecule has 0 saturated carbocycles. The molecule has 0 atom stereocenters. The minimum atomic E-state index is -3.96. The van der Waals surface area contributed by atoms with Gasteiger partial charge in [-0.15, -0.1) is 0 Å². The molecule has 0 saturated heterocycles. The first-order valence-corrected chi connectivity index (χ1v) is 9.81. The highest BCUT2D eigenvalue weighted by molar-refractivity contribution is 9.11. The molecule has 0 aromatic carbocycles. The molecule has 0 radical (unpaired) electrons. The van der Waals surface area contributed by atoms with Gasteiger partial charge >= 0.3 is 6.97 Å². The highest BCUT2D eigenvalue weighted by Gasteiger charge is 2.55. The van der Waals surface area contributed by atoms with Crippen LogP contribution in [-0.4, -0.2) is 26.6 Å². The number of allylic oxidation sites excluding steroid dienone is 2. The number of nitrogens with zero attached hydrogens (tertiary/aromatic N) is 3. The summed E-state index contributed by atoms with van der Waals surface area (Å²) in [4.78, 5) is 4.17. The quantitative estimate of drug-likeness (QED) is 0.495. The molecule has 0 spiro atoms. The van der Waals surface area contributed by atoms with Crippen molar-refractivity contribution in [3.05, 3.63) is 67.3 Å². The van der Waals surface area contributed by atoms with Gasteiger partial charge in [0.25, 0.3) is 0 Å². The SMILES string of the molecule is CC1=CC(C)=[N+]2C1=C(c1c(Br)cncc1Br)c1c(C)cc(C)n1[B-]2(F)F. The Morgan fingerprint density at radius 3 is 2.31 bits per heavy atom. The lowest BCUT2D eigenvalue weighted by Gasteiger charge is -2.34. The largest absolute Gasteiger partial charge is 0.737 e. The van der Waals surface area contributed by atoms with E-state index in [1.165, 1.54) is 8.96 Å². The number of hydrogen-bond donors (Lipinski definition) is 0. The van der Waals surface area contributed by atoms with Gasteiger partial charge in [0.1, 0.15) is 5.71 Å². The van der Waals surface area contributed by atoms with Crippen LogP contribution in [0.15, 0.2) is 44.8 Å². The molecular formula is C18H16BBr2F2N3. The van der Waals surface area contributed by atoms with Crippen LogP contribution in [0.2, 0.25) is 0 Å². The minimum absolute atomic E-state index is 0.553. The summed E-state index contributed by atoms with van der Waals surface area (Å²) < 4.78 is 35.0. The monoisotopic (exact) mass is 481 g/mol. The summed E-state index contributed by atoms with van der Waals surface area (Å²) in [5.74, 6) is 0. The van der Waals surface area contributed by atoms with E-state index in [0.29, 0.717) is 22.8 Å². The normalized spacial score (nSPS) is 18.2. The Hall–Kier alpha value is -1.54. The second-order valence-corrected chi connectivity index (χ2v) is 8.52. The second kappa shape index (κ2) is 5.73. The van der Waals surface area contributed by atoms with Gasteiger partial charge in [-0.25, -0.2) is 0 Å². The topological polar surface area (TPSA) is 20.8 Å². The van der Waals surface area contributed by atoms with E-state index in [1.807, 2.05) is 26.0 Å². The maximum Gasteiger partial charge on any atom is 0.737 e. The number of pyridine rings is 1. The van der Waals surface area contributed by atoms with Crippen molar-refractivity contribution in [1.82, 2.24) is 9.46 Å². The lowest BCUT2D eigenvalue weighted by Crippen LogP contribution is -2.51. The van der Waals surface area contributed by atoms with Gasteiger partial charge in [0, 0.05) is 51.2 Å². The molecule has 0 N–H and O–H groups in total. The third kappa shape index (κ3) is 2.21. The zero-order chi connectivity index (χ0) is 19.0. The Morgan fingerprint density at radius 1 is 1.08 bits per heavy atom. The zero-order valence-electron chi connectivity index (χ0n) is 14.7. The van der Waals surface area contributed by atoms with Gasteiger partial charge in [-0.05, 0) is 70.0 Å². The highest BCUT2D eigenvalue weighted by Crippen LogP contribution is 2.47. The van der Waals surface area contributed by atoms with Crippen LogP contribution >= 0.6 is 31.9 Å². The lowest BCUT2D eigenvalue weighted by molar-refractivity contribution is -0.363. The highest BCUT2D eigenvalue weighted by atomic mass is 79.9. The van der Waals surface area contributed by atoms with Crippen molar-refractivity contribution < 1.29 is 13.1 Å². The molecule has 3 nitrogen and oxygen atoms in total. The number of aromatic nitrogens is 2. The van der Waals surface area contributed by atoms with E-state index in [2.05, 4.69) is 36.8 Å².